The standard InChI is InChI=1S/C54H75N5O10/c1-12-34(4)47(44(66-9)30-45(60)59-28-20-27-43(59)48(67-10)35(5)49(61)56-42(51(63)68-11)29-36-21-14-13-15-22-36)58(8)50(62)46(33(2)3)57-52(64)54(6,7)32-55-53(65)69-31-41-39-25-18-16-23-37(39)38-24-17-19-26-40(38)41/h13-19,21-26,33-35,41-44,46-48H,12,20,27-32H2,1-11H3,(H,55,65)(H,56,61)(H,57,64)/t34-,35+,42-,43-,44+,46-,47?,48+/m0/s1. The Morgan fingerprint density at radius 3 is 2.00 bits per heavy atom. The molecule has 69 heavy (non-hydrogen) atoms. The molecule has 15 heteroatoms. The molecule has 376 valence electrons. The van der Waals surface area contributed by atoms with E-state index in [-0.39, 0.29) is 55.6 Å². The topological polar surface area (TPSA) is 182 Å². The quantitative estimate of drug-likeness (QED) is 0.0887. The zero-order chi connectivity index (χ0) is 50.6. The molecule has 0 radical (unpaired) electrons. The lowest BCUT2D eigenvalue weighted by Crippen LogP contribution is -2.59. The minimum atomic E-state index is -1.12. The molecule has 2 aliphatic rings. The van der Waals surface area contributed by atoms with Gasteiger partial charge >= 0.3 is 12.1 Å². The Morgan fingerprint density at radius 2 is 1.43 bits per heavy atom. The summed E-state index contributed by atoms with van der Waals surface area (Å²) in [5.41, 5.74) is 4.17. The molecular weight excluding hydrogens is 879 g/mol. The number of rotatable bonds is 23. The summed E-state index contributed by atoms with van der Waals surface area (Å²) in [6.07, 6.45) is 0.116. The number of likely N-dealkylation sites (tertiary alicyclic amines) is 1. The zero-order valence-corrected chi connectivity index (χ0v) is 42.4. The van der Waals surface area contributed by atoms with Gasteiger partial charge in [0, 0.05) is 46.7 Å². The Hall–Kier alpha value is -5.80. The van der Waals surface area contributed by atoms with E-state index in [2.05, 4.69) is 28.1 Å². The van der Waals surface area contributed by atoms with Crippen LogP contribution in [0.15, 0.2) is 78.9 Å². The number of benzene rings is 3. The zero-order valence-electron chi connectivity index (χ0n) is 42.4. The van der Waals surface area contributed by atoms with Gasteiger partial charge in [-0.05, 0) is 66.3 Å². The third kappa shape index (κ3) is 13.1. The van der Waals surface area contributed by atoms with Gasteiger partial charge in [-0.1, -0.05) is 120 Å². The van der Waals surface area contributed by atoms with Crippen LogP contribution in [0, 0.1) is 23.2 Å². The number of nitrogens with one attached hydrogen (secondary N) is 3. The van der Waals surface area contributed by atoms with Gasteiger partial charge in [0.1, 0.15) is 18.7 Å². The van der Waals surface area contributed by atoms with E-state index in [1.54, 1.807) is 37.6 Å². The highest BCUT2D eigenvalue weighted by Crippen LogP contribution is 2.44. The van der Waals surface area contributed by atoms with Crippen molar-refractivity contribution in [2.75, 3.05) is 48.1 Å². The second-order valence-corrected chi connectivity index (χ2v) is 19.6. The second-order valence-electron chi connectivity index (χ2n) is 19.6. The largest absolute Gasteiger partial charge is 0.467 e. The molecule has 1 aliphatic carbocycles. The molecule has 1 aliphatic heterocycles. The average Bonchev–Trinajstić information content (AvgIpc) is 3.96. The summed E-state index contributed by atoms with van der Waals surface area (Å²) < 4.78 is 22.8. The van der Waals surface area contributed by atoms with Gasteiger partial charge in [-0.25, -0.2) is 9.59 Å². The molecule has 8 atom stereocenters. The minimum Gasteiger partial charge on any atom is -0.467 e. The van der Waals surface area contributed by atoms with Crippen LogP contribution in [0.1, 0.15) is 96.8 Å². The van der Waals surface area contributed by atoms with E-state index in [0.717, 1.165) is 27.8 Å². The van der Waals surface area contributed by atoms with Crippen LogP contribution in [0.25, 0.3) is 11.1 Å². The number of hydrogen-bond acceptors (Lipinski definition) is 10. The first-order valence-electron chi connectivity index (χ1n) is 24.3. The Bertz CT molecular complexity index is 2190. The molecule has 0 spiro atoms. The first-order chi connectivity index (χ1) is 32.9. The van der Waals surface area contributed by atoms with E-state index in [4.69, 9.17) is 18.9 Å². The number of hydrogen-bond donors (Lipinski definition) is 3. The molecular formula is C54H75N5O10. The Morgan fingerprint density at radius 1 is 0.826 bits per heavy atom. The first kappa shape index (κ1) is 54.1. The number of likely N-dealkylation sites (N-methyl/N-ethyl adjacent to an activating group) is 1. The van der Waals surface area contributed by atoms with E-state index in [9.17, 15) is 28.8 Å². The predicted octanol–water partition coefficient (Wildman–Crippen LogP) is 6.51. The summed E-state index contributed by atoms with van der Waals surface area (Å²) in [6.45, 7) is 13.4. The van der Waals surface area contributed by atoms with Crippen LogP contribution in [0.3, 0.4) is 0 Å². The summed E-state index contributed by atoms with van der Waals surface area (Å²) in [6, 6.07) is 22.7. The van der Waals surface area contributed by atoms with Crippen molar-refractivity contribution >= 4 is 35.7 Å². The number of carbonyl (C=O) groups is 6. The summed E-state index contributed by atoms with van der Waals surface area (Å²) >= 11 is 0. The molecule has 0 aromatic heterocycles. The SMILES string of the molecule is CC[C@H](C)C([C@@H](CC(=O)N1CCC[C@H]1[C@H](OC)[C@@H](C)C(=O)N[C@@H](Cc1ccccc1)C(=O)OC)OC)N(C)C(=O)[C@@H](NC(=O)C(C)(C)CNC(=O)OCC1c2ccccc2-c2ccccc21)C(C)C. The lowest BCUT2D eigenvalue weighted by Gasteiger charge is -2.41. The highest BCUT2D eigenvalue weighted by molar-refractivity contribution is 5.91. The number of fused-ring (bicyclic) bond motifs is 3. The summed E-state index contributed by atoms with van der Waals surface area (Å²) in [4.78, 5) is 85.9. The predicted molar refractivity (Wildman–Crippen MR) is 264 cm³/mol. The third-order valence-corrected chi connectivity index (χ3v) is 14.2. The fourth-order valence-electron chi connectivity index (χ4n) is 9.89. The van der Waals surface area contributed by atoms with Crippen LogP contribution in [-0.2, 0) is 49.3 Å². The molecule has 1 heterocycles. The van der Waals surface area contributed by atoms with Gasteiger partial charge in [0.15, 0.2) is 0 Å². The minimum absolute atomic E-state index is 0.0408. The summed E-state index contributed by atoms with van der Waals surface area (Å²) in [7, 11) is 6.00. The Kier molecular flexibility index (Phi) is 19.3. The van der Waals surface area contributed by atoms with Crippen molar-refractivity contribution in [2.24, 2.45) is 23.2 Å². The van der Waals surface area contributed by atoms with Gasteiger partial charge in [-0.15, -0.1) is 0 Å². The van der Waals surface area contributed by atoms with E-state index < -0.39 is 71.6 Å². The van der Waals surface area contributed by atoms with Crippen LogP contribution in [0.5, 0.6) is 0 Å². The van der Waals surface area contributed by atoms with Gasteiger partial charge in [0.05, 0.1) is 49.2 Å². The van der Waals surface area contributed by atoms with Gasteiger partial charge in [-0.2, -0.15) is 0 Å². The number of methoxy groups -OCH3 is 3. The van der Waals surface area contributed by atoms with Crippen LogP contribution >= 0.6 is 0 Å². The van der Waals surface area contributed by atoms with Crippen molar-refractivity contribution in [2.45, 2.75) is 123 Å². The molecule has 15 nitrogen and oxygen atoms in total. The van der Waals surface area contributed by atoms with Crippen molar-refractivity contribution in [3.8, 4) is 11.1 Å². The number of nitrogens with zero attached hydrogens (tertiary/aromatic N) is 2. The molecule has 1 saturated heterocycles. The maximum absolute atomic E-state index is 14.6. The molecule has 3 N–H and O–H groups in total. The van der Waals surface area contributed by atoms with Crippen molar-refractivity contribution < 1.29 is 47.7 Å². The molecule has 3 aromatic rings. The highest BCUT2D eigenvalue weighted by atomic mass is 16.5. The monoisotopic (exact) mass is 954 g/mol. The Balaban J connectivity index is 1.21. The van der Waals surface area contributed by atoms with Gasteiger partial charge in [0.2, 0.25) is 23.6 Å². The molecule has 5 amide bonds. The normalized spacial score (nSPS) is 17.6. The summed E-state index contributed by atoms with van der Waals surface area (Å²) in [5, 5.41) is 8.61. The van der Waals surface area contributed by atoms with Crippen molar-refractivity contribution in [1.82, 2.24) is 25.8 Å². The van der Waals surface area contributed by atoms with Gasteiger partial charge < -0.3 is 44.7 Å². The van der Waals surface area contributed by atoms with Crippen molar-refractivity contribution in [3.05, 3.63) is 95.6 Å². The van der Waals surface area contributed by atoms with Crippen LogP contribution in [-0.4, -0.2) is 130 Å². The number of ether oxygens (including phenoxy) is 4. The third-order valence-electron chi connectivity index (χ3n) is 14.2. The average molecular weight is 954 g/mol. The number of amides is 5. The van der Waals surface area contributed by atoms with E-state index >= 15 is 0 Å². The van der Waals surface area contributed by atoms with Crippen LogP contribution < -0.4 is 16.0 Å². The van der Waals surface area contributed by atoms with Crippen molar-refractivity contribution in [1.29, 1.82) is 0 Å². The molecule has 1 fully saturated rings. The maximum Gasteiger partial charge on any atom is 0.407 e. The molecule has 3 aromatic carbocycles. The molecule has 0 saturated carbocycles. The number of esters is 1. The first-order valence-corrected chi connectivity index (χ1v) is 24.3. The lowest BCUT2D eigenvalue weighted by molar-refractivity contribution is -0.149. The second kappa shape index (κ2) is 24.7. The fraction of sp³-hybridized carbons (Fsp3) is 0.556. The van der Waals surface area contributed by atoms with E-state index in [0.29, 0.717) is 25.8 Å². The fourth-order valence-corrected chi connectivity index (χ4v) is 9.89. The smallest absolute Gasteiger partial charge is 0.407 e. The Labute approximate surface area is 408 Å². The molecule has 0 bridgehead atoms. The summed E-state index contributed by atoms with van der Waals surface area (Å²) in [5.74, 6) is -3.20. The lowest BCUT2D eigenvalue weighted by atomic mass is 9.88. The number of alkyl carbamates (subject to hydrolysis) is 1. The van der Waals surface area contributed by atoms with Crippen LogP contribution in [0.4, 0.5) is 4.79 Å². The number of carbonyl (C=O) groups excluding carboxylic acids is 6. The maximum atomic E-state index is 14.6. The van der Waals surface area contributed by atoms with Crippen LogP contribution in [0.2, 0.25) is 0 Å². The van der Waals surface area contributed by atoms with Gasteiger partial charge in [0.25, 0.3) is 0 Å². The van der Waals surface area contributed by atoms with E-state index in [1.165, 1.54) is 21.3 Å². The molecule has 1 unspecified atom stereocenters. The molecule has 5 rings (SSSR count). The van der Waals surface area contributed by atoms with Crippen molar-refractivity contribution in [3.63, 3.8) is 0 Å². The van der Waals surface area contributed by atoms with Gasteiger partial charge in [-0.3, -0.25) is 19.2 Å². The van der Waals surface area contributed by atoms with E-state index in [1.807, 2.05) is 94.4 Å². The highest BCUT2D eigenvalue weighted by Gasteiger charge is 2.44.